The lowest BCUT2D eigenvalue weighted by Crippen LogP contribution is -2.74. The maximum atomic E-state index is 2.51. The van der Waals surface area contributed by atoms with Crippen LogP contribution in [0.5, 0.6) is 0 Å². The van der Waals surface area contributed by atoms with Gasteiger partial charge in [-0.25, -0.2) is 0 Å². The highest BCUT2D eigenvalue weighted by molar-refractivity contribution is 7.20. The summed E-state index contributed by atoms with van der Waals surface area (Å²) in [6.45, 7) is 4.97. The van der Waals surface area contributed by atoms with Crippen LogP contribution in [0, 0.1) is 0 Å². The average molecular weight is 710 g/mol. The van der Waals surface area contributed by atoms with Gasteiger partial charge in [-0.05, 0) is 83.7 Å². The third-order valence-electron chi connectivity index (χ3n) is 11.8. The number of fused-ring (bicyclic) bond motifs is 6. The third kappa shape index (κ3) is 4.81. The molecule has 3 heteroatoms. The summed E-state index contributed by atoms with van der Waals surface area (Å²) in [6, 6.07) is 75.3. The van der Waals surface area contributed by atoms with Crippen LogP contribution in [0.2, 0.25) is 13.1 Å². The molecule has 9 aromatic rings. The quantitative estimate of drug-likeness (QED) is 0.120. The molecule has 1 aromatic heterocycles. The molecule has 0 saturated carbocycles. The van der Waals surface area contributed by atoms with Crippen LogP contribution in [-0.4, -0.2) is 20.7 Å². The van der Waals surface area contributed by atoms with E-state index in [4.69, 9.17) is 0 Å². The summed E-state index contributed by atoms with van der Waals surface area (Å²) < 4.78 is 2.41. The van der Waals surface area contributed by atoms with Crippen molar-refractivity contribution in [3.05, 3.63) is 200 Å². The van der Waals surface area contributed by atoms with Gasteiger partial charge in [-0.1, -0.05) is 183 Å². The Balaban J connectivity index is 1.19. The topological polar surface area (TPSA) is 4.93 Å². The number of benzene rings is 8. The first-order chi connectivity index (χ1) is 26.0. The van der Waals surface area contributed by atoms with Gasteiger partial charge in [0, 0.05) is 16.5 Å². The minimum Gasteiger partial charge on any atom is -0.309 e. The van der Waals surface area contributed by atoms with Crippen LogP contribution in [-0.2, 0) is 0 Å². The Morgan fingerprint density at radius 1 is 0.377 bits per heavy atom. The van der Waals surface area contributed by atoms with E-state index in [-0.39, 0.29) is 0 Å². The molecule has 0 saturated heterocycles. The van der Waals surface area contributed by atoms with Crippen molar-refractivity contribution in [3.63, 3.8) is 0 Å². The van der Waals surface area contributed by atoms with E-state index in [1.807, 2.05) is 0 Å². The Hall–Kier alpha value is -6.01. The SMILES string of the molecule is C[Si]1(C)c2ccccc2-c2cc(-c3ccc([Si](c4ccccc4)(c4ccccc4)c4ccc5c(c4)c4ccccc4n5-c4ccccc4)cc3)ccc21. The smallest absolute Gasteiger partial charge is 0.179 e. The second kappa shape index (κ2) is 12.3. The molecule has 8 aromatic carbocycles. The summed E-state index contributed by atoms with van der Waals surface area (Å²) >= 11 is 0. The zero-order valence-corrected chi connectivity index (χ0v) is 32.0. The maximum Gasteiger partial charge on any atom is 0.179 e. The van der Waals surface area contributed by atoms with Crippen molar-refractivity contribution in [3.8, 4) is 27.9 Å². The van der Waals surface area contributed by atoms with E-state index in [1.165, 1.54) is 70.5 Å². The van der Waals surface area contributed by atoms with Gasteiger partial charge < -0.3 is 4.57 Å². The minimum absolute atomic E-state index is 1.18. The van der Waals surface area contributed by atoms with E-state index in [0.29, 0.717) is 0 Å². The summed E-state index contributed by atoms with van der Waals surface area (Å²) in [6.07, 6.45) is 0. The average Bonchev–Trinajstić information content (AvgIpc) is 3.67. The van der Waals surface area contributed by atoms with E-state index < -0.39 is 16.1 Å². The summed E-state index contributed by atoms with van der Waals surface area (Å²) in [5.41, 5.74) is 9.00. The fourth-order valence-electron chi connectivity index (χ4n) is 9.25. The Morgan fingerprint density at radius 2 is 0.906 bits per heavy atom. The molecule has 1 nitrogen and oxygen atoms in total. The Bertz CT molecular complexity index is 2740. The van der Waals surface area contributed by atoms with E-state index in [1.54, 1.807) is 10.4 Å². The van der Waals surface area contributed by atoms with E-state index >= 15 is 0 Å². The molecule has 0 unspecified atom stereocenters. The number of hydrogen-bond acceptors (Lipinski definition) is 0. The van der Waals surface area contributed by atoms with Gasteiger partial charge in [0.25, 0.3) is 0 Å². The van der Waals surface area contributed by atoms with E-state index in [2.05, 4.69) is 218 Å². The molecule has 0 bridgehead atoms. The van der Waals surface area contributed by atoms with Crippen LogP contribution < -0.4 is 31.1 Å². The van der Waals surface area contributed by atoms with Crippen LogP contribution in [0.25, 0.3) is 49.7 Å². The van der Waals surface area contributed by atoms with Crippen molar-refractivity contribution in [2.24, 2.45) is 0 Å². The molecule has 1 aliphatic heterocycles. The maximum absolute atomic E-state index is 2.79. The molecule has 0 amide bonds. The van der Waals surface area contributed by atoms with Gasteiger partial charge in [0.15, 0.2) is 8.07 Å². The Kier molecular flexibility index (Phi) is 7.36. The largest absolute Gasteiger partial charge is 0.309 e. The van der Waals surface area contributed by atoms with Crippen LogP contribution in [0.4, 0.5) is 0 Å². The molecular weight excluding hydrogens is 671 g/mol. The molecule has 0 spiro atoms. The van der Waals surface area contributed by atoms with Gasteiger partial charge >= 0.3 is 0 Å². The molecule has 10 rings (SSSR count). The van der Waals surface area contributed by atoms with Crippen molar-refractivity contribution in [1.29, 1.82) is 0 Å². The summed E-state index contributed by atoms with van der Waals surface area (Å²) in [5, 5.41) is 11.2. The van der Waals surface area contributed by atoms with Crippen LogP contribution >= 0.6 is 0 Å². The second-order valence-electron chi connectivity index (χ2n) is 14.9. The lowest BCUT2D eigenvalue weighted by atomic mass is 9.99. The molecule has 0 atom stereocenters. The second-order valence-corrected chi connectivity index (χ2v) is 23.0. The predicted molar refractivity (Wildman–Crippen MR) is 232 cm³/mol. The number of para-hydroxylation sites is 2. The first kappa shape index (κ1) is 31.7. The molecule has 0 fully saturated rings. The number of hydrogen-bond donors (Lipinski definition) is 0. The number of aromatic nitrogens is 1. The molecule has 0 aliphatic carbocycles. The van der Waals surface area contributed by atoms with Gasteiger partial charge in [0.05, 0.1) is 11.0 Å². The lowest BCUT2D eigenvalue weighted by Gasteiger charge is -2.34. The summed E-state index contributed by atoms with van der Waals surface area (Å²) in [5.74, 6) is 0. The molecule has 1 aliphatic rings. The molecular formula is C50H39NSi2. The fourth-order valence-corrected chi connectivity index (χ4v) is 17.1. The van der Waals surface area contributed by atoms with Crippen molar-refractivity contribution < 1.29 is 0 Å². The van der Waals surface area contributed by atoms with Crippen molar-refractivity contribution in [2.75, 3.05) is 0 Å². The summed E-state index contributed by atoms with van der Waals surface area (Å²) in [4.78, 5) is 0. The van der Waals surface area contributed by atoms with Gasteiger partial charge in [0.2, 0.25) is 0 Å². The molecule has 0 radical (unpaired) electrons. The van der Waals surface area contributed by atoms with Crippen molar-refractivity contribution in [2.45, 2.75) is 13.1 Å². The van der Waals surface area contributed by atoms with Gasteiger partial charge in [-0.15, -0.1) is 0 Å². The van der Waals surface area contributed by atoms with E-state index in [0.717, 1.165) is 0 Å². The number of nitrogens with zero attached hydrogens (tertiary/aromatic N) is 1. The minimum atomic E-state index is -2.79. The highest BCUT2D eigenvalue weighted by atomic mass is 28.3. The van der Waals surface area contributed by atoms with E-state index in [9.17, 15) is 0 Å². The molecule has 2 heterocycles. The summed E-state index contributed by atoms with van der Waals surface area (Å²) in [7, 11) is -4.49. The molecule has 0 N–H and O–H groups in total. The van der Waals surface area contributed by atoms with Crippen LogP contribution in [0.3, 0.4) is 0 Å². The standard InChI is InChI=1S/C50H39NSi2/c1-52(2)49-25-15-13-23-44(49)46-34-37(28-33-50(46)52)36-26-29-41(30-27-36)53(39-18-8-4-9-19-39,40-20-10-5-11-21-40)42-31-32-48-45(35-42)43-22-12-14-24-47(43)51(48)38-16-6-3-7-17-38/h3-35H,1-2H3. The van der Waals surface area contributed by atoms with Crippen LogP contribution in [0.1, 0.15) is 0 Å². The Morgan fingerprint density at radius 3 is 1.62 bits per heavy atom. The zero-order valence-electron chi connectivity index (χ0n) is 30.0. The first-order valence-corrected chi connectivity index (χ1v) is 23.6. The highest BCUT2D eigenvalue weighted by Crippen LogP contribution is 2.33. The number of rotatable bonds is 6. The highest BCUT2D eigenvalue weighted by Gasteiger charge is 2.42. The predicted octanol–water partition coefficient (Wildman–Crippen LogP) is 8.63. The van der Waals surface area contributed by atoms with Crippen molar-refractivity contribution in [1.82, 2.24) is 4.57 Å². The molecule has 53 heavy (non-hydrogen) atoms. The first-order valence-electron chi connectivity index (χ1n) is 18.6. The van der Waals surface area contributed by atoms with Crippen LogP contribution in [0.15, 0.2) is 200 Å². The molecule has 252 valence electrons. The lowest BCUT2D eigenvalue weighted by molar-refractivity contribution is 1.18. The van der Waals surface area contributed by atoms with Gasteiger partial charge in [-0.3, -0.25) is 0 Å². The normalized spacial score (nSPS) is 13.2. The van der Waals surface area contributed by atoms with Crippen molar-refractivity contribution >= 4 is 69.1 Å². The fraction of sp³-hybridized carbons (Fsp3) is 0.0400. The van der Waals surface area contributed by atoms with Gasteiger partial charge in [-0.2, -0.15) is 0 Å². The van der Waals surface area contributed by atoms with Gasteiger partial charge in [0.1, 0.15) is 8.07 Å². The Labute approximate surface area is 313 Å². The monoisotopic (exact) mass is 709 g/mol. The third-order valence-corrected chi connectivity index (χ3v) is 20.1. The zero-order chi connectivity index (χ0) is 35.6.